The third kappa shape index (κ3) is 4.74. The van der Waals surface area contributed by atoms with Crippen molar-refractivity contribution in [1.29, 1.82) is 0 Å². The molecule has 2 aromatic heterocycles. The fourth-order valence-corrected chi connectivity index (χ4v) is 10.0. The molecule has 4 heterocycles. The van der Waals surface area contributed by atoms with Gasteiger partial charge in [0.15, 0.2) is 11.0 Å². The topological polar surface area (TPSA) is 109 Å². The average molecular weight is 660 g/mol. The fraction of sp³-hybridized carbons (Fsp3) is 0.594. The van der Waals surface area contributed by atoms with Crippen molar-refractivity contribution in [2.45, 2.75) is 101 Å². The Morgan fingerprint density at radius 3 is 2.59 bits per heavy atom. The number of nitrogens with zero attached hydrogens (tertiary/aromatic N) is 3. The Hall–Kier alpha value is -2.40. The van der Waals surface area contributed by atoms with Crippen LogP contribution in [0.1, 0.15) is 87.6 Å². The van der Waals surface area contributed by atoms with Crippen molar-refractivity contribution in [3.8, 4) is 0 Å². The van der Waals surface area contributed by atoms with Crippen LogP contribution in [0.2, 0.25) is 5.15 Å². The number of carbonyl (C=O) groups is 2. The fourth-order valence-electron chi connectivity index (χ4n) is 8.94. The highest BCUT2D eigenvalue weighted by Crippen LogP contribution is 2.66. The van der Waals surface area contributed by atoms with Crippen LogP contribution in [0.3, 0.4) is 0 Å². The Morgan fingerprint density at radius 2 is 1.89 bits per heavy atom. The first-order valence-corrected chi connectivity index (χ1v) is 17.2. The molecule has 5 atom stereocenters. The number of hydrogen-bond donors (Lipinski definition) is 3. The van der Waals surface area contributed by atoms with E-state index in [2.05, 4.69) is 45.0 Å². The van der Waals surface area contributed by atoms with E-state index >= 15 is 4.39 Å². The Bertz CT molecular complexity index is 1510. The van der Waals surface area contributed by atoms with Crippen LogP contribution in [0.15, 0.2) is 41.0 Å². The normalized spacial score (nSPS) is 35.4. The molecule has 2 amide bonds. The van der Waals surface area contributed by atoms with Gasteiger partial charge in [-0.2, -0.15) is 0 Å². The predicted molar refractivity (Wildman–Crippen MR) is 168 cm³/mol. The largest absolute Gasteiger partial charge is 0.352 e. The third-order valence-corrected chi connectivity index (χ3v) is 12.6. The molecule has 7 rings (SSSR count). The van der Waals surface area contributed by atoms with Crippen LogP contribution >= 0.6 is 34.5 Å². The van der Waals surface area contributed by atoms with Crippen molar-refractivity contribution in [1.82, 2.24) is 31.1 Å². The zero-order chi connectivity index (χ0) is 30.9. The number of aromatic nitrogens is 3. The van der Waals surface area contributed by atoms with Gasteiger partial charge in [-0.3, -0.25) is 14.9 Å². The summed E-state index contributed by atoms with van der Waals surface area (Å²) in [5, 5.41) is 19.8. The van der Waals surface area contributed by atoms with Crippen LogP contribution in [-0.4, -0.2) is 50.7 Å². The molecule has 2 unspecified atom stereocenters. The maximum atomic E-state index is 16.1. The van der Waals surface area contributed by atoms with E-state index in [-0.39, 0.29) is 45.9 Å². The molecule has 5 aliphatic rings. The van der Waals surface area contributed by atoms with Gasteiger partial charge in [-0.25, -0.2) is 9.37 Å². The monoisotopic (exact) mass is 658 g/mol. The minimum Gasteiger partial charge on any atom is -0.352 e. The zero-order valence-corrected chi connectivity index (χ0v) is 27.1. The number of allylic oxidation sites excluding steroid dienone is 2. The number of rotatable bonds is 4. The van der Waals surface area contributed by atoms with Gasteiger partial charge in [-0.05, 0) is 80.6 Å². The lowest BCUT2D eigenvalue weighted by atomic mass is 9.51. The summed E-state index contributed by atoms with van der Waals surface area (Å²) in [4.78, 5) is 33.1. The lowest BCUT2D eigenvalue weighted by Gasteiger charge is -2.52. The summed E-state index contributed by atoms with van der Waals surface area (Å²) in [6.07, 6.45) is 13.6. The molecule has 0 aromatic carbocycles. The maximum Gasteiger partial charge on any atom is 0.238 e. The van der Waals surface area contributed by atoms with Crippen LogP contribution in [0.25, 0.3) is 0 Å². The molecule has 44 heavy (non-hydrogen) atoms. The maximum absolute atomic E-state index is 16.1. The summed E-state index contributed by atoms with van der Waals surface area (Å²) in [7, 11) is 0. The van der Waals surface area contributed by atoms with Crippen molar-refractivity contribution >= 4 is 46.4 Å². The molecule has 3 aliphatic carbocycles. The summed E-state index contributed by atoms with van der Waals surface area (Å²) in [6, 6.07) is 0.336. The van der Waals surface area contributed by atoms with Crippen LogP contribution < -0.4 is 16.0 Å². The first kappa shape index (κ1) is 30.3. The molecule has 4 fully saturated rings. The second-order valence-corrected chi connectivity index (χ2v) is 15.6. The van der Waals surface area contributed by atoms with Crippen LogP contribution in [0.4, 0.5) is 4.39 Å². The van der Waals surface area contributed by atoms with Gasteiger partial charge in [0.2, 0.25) is 11.8 Å². The van der Waals surface area contributed by atoms with Gasteiger partial charge in [0, 0.05) is 40.6 Å². The lowest BCUT2D eigenvalue weighted by molar-refractivity contribution is -0.134. The molecule has 0 radical (unpaired) electrons. The van der Waals surface area contributed by atoms with E-state index in [0.717, 1.165) is 43.5 Å². The number of nitrogens with one attached hydrogen (secondary N) is 3. The molecule has 12 heteroatoms. The second-order valence-electron chi connectivity index (χ2n) is 14.0. The molecule has 2 saturated heterocycles. The summed E-state index contributed by atoms with van der Waals surface area (Å²) < 4.78 is 16.1. The number of halogens is 3. The smallest absolute Gasteiger partial charge is 0.238 e. The molecule has 8 nitrogen and oxygen atoms in total. The Labute approximate surface area is 270 Å². The van der Waals surface area contributed by atoms with E-state index in [4.69, 9.17) is 23.2 Å². The van der Waals surface area contributed by atoms with Gasteiger partial charge >= 0.3 is 0 Å². The third-order valence-electron chi connectivity index (χ3n) is 11.2. The molecule has 234 valence electrons. The van der Waals surface area contributed by atoms with Gasteiger partial charge in [0.05, 0.1) is 17.5 Å². The number of hydrogen-bond acceptors (Lipinski definition) is 7. The van der Waals surface area contributed by atoms with Crippen molar-refractivity contribution in [2.75, 3.05) is 0 Å². The van der Waals surface area contributed by atoms with Crippen molar-refractivity contribution in [3.05, 3.63) is 62.6 Å². The van der Waals surface area contributed by atoms with Gasteiger partial charge in [-0.15, -0.1) is 21.5 Å². The van der Waals surface area contributed by atoms with Crippen LogP contribution in [0, 0.1) is 22.6 Å². The second kappa shape index (κ2) is 11.1. The molecule has 2 spiro atoms. The molecule has 2 aromatic rings. The zero-order valence-electron chi connectivity index (χ0n) is 24.8. The Balaban J connectivity index is 1.29. The molecule has 2 aliphatic heterocycles. The number of fused-ring (bicyclic) bond motifs is 3. The quantitative estimate of drug-likeness (QED) is 0.361. The number of amides is 2. The van der Waals surface area contributed by atoms with E-state index in [1.54, 1.807) is 22.9 Å². The van der Waals surface area contributed by atoms with Crippen LogP contribution in [-0.2, 0) is 9.59 Å². The van der Waals surface area contributed by atoms with Gasteiger partial charge < -0.3 is 10.6 Å². The molecular weight excluding hydrogens is 622 g/mol. The predicted octanol–water partition coefficient (Wildman–Crippen LogP) is 5.76. The van der Waals surface area contributed by atoms with E-state index in [1.807, 2.05) is 18.2 Å². The molecule has 0 bridgehead atoms. The SMILES string of the molecule is CC1(C)CCC2(CC1)N[C@@H](C(=O)N[C@H]1CC[C@H](c3nncs3)CC1)[C@H](c1ccnc(Cl)c1F)[C@]21C(=O)NC2C=C(Cl)C=CC21. The van der Waals surface area contributed by atoms with Gasteiger partial charge in [0.1, 0.15) is 10.5 Å². The minimum absolute atomic E-state index is 0.0285. The lowest BCUT2D eigenvalue weighted by Crippen LogP contribution is -2.61. The van der Waals surface area contributed by atoms with E-state index in [9.17, 15) is 9.59 Å². The van der Waals surface area contributed by atoms with Gasteiger partial charge in [-0.1, -0.05) is 43.1 Å². The first-order valence-electron chi connectivity index (χ1n) is 15.6. The van der Waals surface area contributed by atoms with E-state index in [1.165, 1.54) is 6.20 Å². The number of pyridine rings is 1. The standard InChI is InChI=1S/C32H37Cl2FN6O2S/c1-30(2)10-12-31(13-11-30)32(21-8-5-18(33)15-22(21)39-29(32)43)23(20-9-14-36-26(34)24(20)35)25(40-31)27(42)38-19-6-3-17(4-7-19)28-41-37-16-44-28/h5,8-9,14-17,19,21-23,25,40H,3-4,6-7,10-13H2,1-2H3,(H,38,42)(H,39,43)/t17-,19-,21?,22?,23-,25+,32+/m0/s1. The van der Waals surface area contributed by atoms with E-state index < -0.39 is 28.7 Å². The number of carbonyl (C=O) groups excluding carboxylic acids is 2. The summed E-state index contributed by atoms with van der Waals surface area (Å²) in [6.45, 7) is 4.48. The van der Waals surface area contributed by atoms with Crippen molar-refractivity contribution in [2.24, 2.45) is 16.7 Å². The average Bonchev–Trinajstić information content (AvgIpc) is 3.70. The van der Waals surface area contributed by atoms with Gasteiger partial charge in [0.25, 0.3) is 0 Å². The summed E-state index contributed by atoms with van der Waals surface area (Å²) in [5.41, 5.74) is 0.164. The Kier molecular flexibility index (Phi) is 7.66. The Morgan fingerprint density at radius 1 is 1.14 bits per heavy atom. The molecular formula is C32H37Cl2FN6O2S. The highest BCUT2D eigenvalue weighted by Gasteiger charge is 2.75. The summed E-state index contributed by atoms with van der Waals surface area (Å²) >= 11 is 14.3. The highest BCUT2D eigenvalue weighted by atomic mass is 35.5. The minimum atomic E-state index is -1.16. The molecule has 2 saturated carbocycles. The van der Waals surface area contributed by atoms with Crippen molar-refractivity contribution < 1.29 is 14.0 Å². The first-order chi connectivity index (χ1) is 21.0. The summed E-state index contributed by atoms with van der Waals surface area (Å²) in [5.74, 6) is -1.91. The van der Waals surface area contributed by atoms with Crippen LogP contribution in [0.5, 0.6) is 0 Å². The highest BCUT2D eigenvalue weighted by molar-refractivity contribution is 7.09. The molecule has 3 N–H and O–H groups in total. The van der Waals surface area contributed by atoms with Crippen molar-refractivity contribution in [3.63, 3.8) is 0 Å². The van der Waals surface area contributed by atoms with E-state index in [0.29, 0.717) is 23.8 Å².